The molecule has 3 N–H and O–H groups in total. The Morgan fingerprint density at radius 2 is 2.00 bits per heavy atom. The fourth-order valence-corrected chi connectivity index (χ4v) is 1.54. The molecule has 0 spiro atoms. The number of halogens is 1. The Morgan fingerprint density at radius 3 is 2.61 bits per heavy atom. The predicted molar refractivity (Wildman–Crippen MR) is 72.5 cm³/mol. The molecule has 4 nitrogen and oxygen atoms in total. The normalized spacial score (nSPS) is 15.6. The van der Waals surface area contributed by atoms with Gasteiger partial charge in [0.1, 0.15) is 0 Å². The van der Waals surface area contributed by atoms with Gasteiger partial charge in [-0.15, -0.1) is 12.4 Å². The smallest absolute Gasteiger partial charge is 0.240 e. The monoisotopic (exact) mass is 270 g/mol. The number of benzene rings is 1. The first-order valence-electron chi connectivity index (χ1n) is 5.90. The van der Waals surface area contributed by atoms with Gasteiger partial charge in [-0.25, -0.2) is 0 Å². The van der Waals surface area contributed by atoms with Crippen molar-refractivity contribution in [3.8, 4) is 0 Å². The van der Waals surface area contributed by atoms with Gasteiger partial charge in [-0.05, 0) is 18.4 Å². The Balaban J connectivity index is 0.00000162. The van der Waals surface area contributed by atoms with Crippen molar-refractivity contribution in [3.63, 3.8) is 0 Å². The van der Waals surface area contributed by atoms with Crippen LogP contribution in [0.2, 0.25) is 0 Å². The number of carbonyl (C=O) groups is 1. The lowest BCUT2D eigenvalue weighted by molar-refractivity contribution is -0.123. The second-order valence-electron chi connectivity index (χ2n) is 4.45. The highest BCUT2D eigenvalue weighted by atomic mass is 35.5. The fraction of sp³-hybridized carbons (Fsp3) is 0.462. The molecule has 2 rings (SSSR count). The van der Waals surface area contributed by atoms with Gasteiger partial charge < -0.3 is 15.8 Å². The standard InChI is InChI=1S/C13H18N2O2.ClH/c14-13(6-7-13)12(16)15-8-9-17-10-11-4-2-1-3-5-11;/h1-5H,6-10,14H2,(H,15,16);1H. The quantitative estimate of drug-likeness (QED) is 0.765. The molecule has 0 aliphatic heterocycles. The molecule has 1 amide bonds. The Hall–Kier alpha value is -1.10. The average Bonchev–Trinajstić information content (AvgIpc) is 3.09. The maximum atomic E-state index is 11.5. The molecule has 1 aliphatic rings. The van der Waals surface area contributed by atoms with Gasteiger partial charge in [0.15, 0.2) is 0 Å². The summed E-state index contributed by atoms with van der Waals surface area (Å²) >= 11 is 0. The van der Waals surface area contributed by atoms with Gasteiger partial charge in [0.25, 0.3) is 0 Å². The van der Waals surface area contributed by atoms with Crippen LogP contribution in [0.4, 0.5) is 0 Å². The van der Waals surface area contributed by atoms with Crippen LogP contribution in [0, 0.1) is 0 Å². The van der Waals surface area contributed by atoms with Crippen LogP contribution in [0.3, 0.4) is 0 Å². The van der Waals surface area contributed by atoms with Crippen LogP contribution < -0.4 is 11.1 Å². The van der Waals surface area contributed by atoms with E-state index in [1.54, 1.807) is 0 Å². The van der Waals surface area contributed by atoms with E-state index in [0.29, 0.717) is 19.8 Å². The summed E-state index contributed by atoms with van der Waals surface area (Å²) in [5.41, 5.74) is 6.29. The first-order valence-corrected chi connectivity index (χ1v) is 5.90. The van der Waals surface area contributed by atoms with Crippen LogP contribution in [-0.2, 0) is 16.1 Å². The second kappa shape index (κ2) is 6.73. The minimum Gasteiger partial charge on any atom is -0.375 e. The van der Waals surface area contributed by atoms with Crippen molar-refractivity contribution in [1.82, 2.24) is 5.32 Å². The molecule has 1 saturated carbocycles. The topological polar surface area (TPSA) is 64.4 Å². The highest BCUT2D eigenvalue weighted by Crippen LogP contribution is 2.31. The van der Waals surface area contributed by atoms with Crippen LogP contribution in [0.5, 0.6) is 0 Å². The Labute approximate surface area is 113 Å². The molecule has 0 saturated heterocycles. The number of nitrogens with one attached hydrogen (secondary N) is 1. The third kappa shape index (κ3) is 4.29. The summed E-state index contributed by atoms with van der Waals surface area (Å²) in [6.45, 7) is 1.60. The lowest BCUT2D eigenvalue weighted by Crippen LogP contribution is -2.43. The van der Waals surface area contributed by atoms with E-state index in [1.165, 1.54) is 0 Å². The molecular formula is C13H19ClN2O2. The van der Waals surface area contributed by atoms with Crippen LogP contribution >= 0.6 is 12.4 Å². The van der Waals surface area contributed by atoms with E-state index >= 15 is 0 Å². The number of hydrogen-bond donors (Lipinski definition) is 2. The number of carbonyl (C=O) groups excluding carboxylic acids is 1. The largest absolute Gasteiger partial charge is 0.375 e. The highest BCUT2D eigenvalue weighted by Gasteiger charge is 2.45. The minimum atomic E-state index is -0.584. The SMILES string of the molecule is Cl.NC1(C(=O)NCCOCc2ccccc2)CC1. The zero-order valence-electron chi connectivity index (χ0n) is 10.2. The summed E-state index contributed by atoms with van der Waals surface area (Å²) in [5.74, 6) is -0.0548. The van der Waals surface area contributed by atoms with Gasteiger partial charge in [-0.1, -0.05) is 30.3 Å². The van der Waals surface area contributed by atoms with Crippen molar-refractivity contribution in [2.24, 2.45) is 5.73 Å². The number of amides is 1. The molecule has 0 heterocycles. The lowest BCUT2D eigenvalue weighted by Gasteiger charge is -2.10. The van der Waals surface area contributed by atoms with Gasteiger partial charge in [0.2, 0.25) is 5.91 Å². The summed E-state index contributed by atoms with van der Waals surface area (Å²) in [6, 6.07) is 9.95. The van der Waals surface area contributed by atoms with Crippen molar-refractivity contribution >= 4 is 18.3 Å². The molecule has 18 heavy (non-hydrogen) atoms. The first kappa shape index (κ1) is 15.0. The molecule has 1 aromatic rings. The molecule has 0 atom stereocenters. The van der Waals surface area contributed by atoms with E-state index in [1.807, 2.05) is 30.3 Å². The highest BCUT2D eigenvalue weighted by molar-refractivity contribution is 5.88. The third-order valence-electron chi connectivity index (χ3n) is 2.88. The molecule has 0 bridgehead atoms. The number of ether oxygens (including phenoxy) is 1. The molecular weight excluding hydrogens is 252 g/mol. The maximum Gasteiger partial charge on any atom is 0.240 e. The van der Waals surface area contributed by atoms with E-state index < -0.39 is 5.54 Å². The average molecular weight is 271 g/mol. The van der Waals surface area contributed by atoms with Gasteiger partial charge in [-0.2, -0.15) is 0 Å². The maximum absolute atomic E-state index is 11.5. The van der Waals surface area contributed by atoms with Crippen LogP contribution in [-0.4, -0.2) is 24.6 Å². The zero-order valence-corrected chi connectivity index (χ0v) is 11.0. The summed E-state index contributed by atoms with van der Waals surface area (Å²) in [4.78, 5) is 11.5. The summed E-state index contributed by atoms with van der Waals surface area (Å²) < 4.78 is 5.45. The molecule has 0 unspecified atom stereocenters. The van der Waals surface area contributed by atoms with E-state index in [2.05, 4.69) is 5.32 Å². The number of nitrogens with two attached hydrogens (primary N) is 1. The molecule has 0 radical (unpaired) electrons. The second-order valence-corrected chi connectivity index (χ2v) is 4.45. The Morgan fingerprint density at radius 1 is 1.33 bits per heavy atom. The lowest BCUT2D eigenvalue weighted by atomic mass is 10.2. The van der Waals surface area contributed by atoms with Crippen molar-refractivity contribution in [2.75, 3.05) is 13.2 Å². The summed E-state index contributed by atoms with van der Waals surface area (Å²) in [6.07, 6.45) is 1.59. The van der Waals surface area contributed by atoms with E-state index in [4.69, 9.17) is 10.5 Å². The molecule has 5 heteroatoms. The van der Waals surface area contributed by atoms with Crippen LogP contribution in [0.25, 0.3) is 0 Å². The van der Waals surface area contributed by atoms with Crippen molar-refractivity contribution < 1.29 is 9.53 Å². The molecule has 0 aromatic heterocycles. The van der Waals surface area contributed by atoms with Gasteiger partial charge in [0, 0.05) is 6.54 Å². The van der Waals surface area contributed by atoms with Crippen molar-refractivity contribution in [1.29, 1.82) is 0 Å². The minimum absolute atomic E-state index is 0. The summed E-state index contributed by atoms with van der Waals surface area (Å²) in [5, 5.41) is 2.78. The van der Waals surface area contributed by atoms with E-state index in [0.717, 1.165) is 18.4 Å². The molecule has 1 aromatic carbocycles. The van der Waals surface area contributed by atoms with Crippen molar-refractivity contribution in [3.05, 3.63) is 35.9 Å². The van der Waals surface area contributed by atoms with E-state index in [9.17, 15) is 4.79 Å². The molecule has 100 valence electrons. The molecule has 1 aliphatic carbocycles. The number of rotatable bonds is 6. The fourth-order valence-electron chi connectivity index (χ4n) is 1.54. The van der Waals surface area contributed by atoms with Crippen molar-refractivity contribution in [2.45, 2.75) is 25.0 Å². The van der Waals surface area contributed by atoms with Gasteiger partial charge in [-0.3, -0.25) is 4.79 Å². The van der Waals surface area contributed by atoms with Crippen LogP contribution in [0.1, 0.15) is 18.4 Å². The third-order valence-corrected chi connectivity index (χ3v) is 2.88. The van der Waals surface area contributed by atoms with Gasteiger partial charge >= 0.3 is 0 Å². The van der Waals surface area contributed by atoms with Gasteiger partial charge in [0.05, 0.1) is 18.8 Å². The zero-order chi connectivity index (χ0) is 12.1. The number of hydrogen-bond acceptors (Lipinski definition) is 3. The Bertz CT molecular complexity index is 380. The summed E-state index contributed by atoms with van der Waals surface area (Å²) in [7, 11) is 0. The predicted octanol–water partition coefficient (Wildman–Crippen LogP) is 1.23. The molecule has 1 fully saturated rings. The Kier molecular flexibility index (Phi) is 5.59. The first-order chi connectivity index (χ1) is 8.21. The van der Waals surface area contributed by atoms with E-state index in [-0.39, 0.29) is 18.3 Å². The van der Waals surface area contributed by atoms with Crippen LogP contribution in [0.15, 0.2) is 30.3 Å².